The van der Waals surface area contributed by atoms with Crippen LogP contribution in [0.2, 0.25) is 0 Å². The van der Waals surface area contributed by atoms with E-state index in [1.807, 2.05) is 23.1 Å². The molecule has 4 aromatic rings. The fraction of sp³-hybridized carbons (Fsp3) is 0.511. The number of carbonyl (C=O) groups excluding carboxylic acids is 2. The van der Waals surface area contributed by atoms with Crippen molar-refractivity contribution < 1.29 is 9.59 Å². The highest BCUT2D eigenvalue weighted by atomic mass is 16.1. The molecule has 0 aliphatic carbocycles. The Morgan fingerprint density at radius 1 is 0.644 bits per heavy atom. The largest absolute Gasteiger partial charge is 0.383 e. The highest BCUT2D eigenvalue weighted by Crippen LogP contribution is 2.31. The van der Waals surface area contributed by atoms with Crippen LogP contribution < -0.4 is 21.3 Å². The number of nitrogens with zero attached hydrogens (tertiary/aromatic N) is 8. The van der Waals surface area contributed by atoms with E-state index in [0.29, 0.717) is 49.8 Å². The number of benzene rings is 2. The first kappa shape index (κ1) is 48.0. The zero-order valence-electron chi connectivity index (χ0n) is 33.1. The molecule has 4 N–H and O–H groups in total. The Morgan fingerprint density at radius 2 is 1.10 bits per heavy atom. The molecular formula is C47H68N10O2. The molecule has 3 aliphatic rings. The number of hydrogen-bond donors (Lipinski definition) is 2. The molecule has 0 amide bonds. The molecule has 2 aromatic heterocycles. The van der Waals surface area contributed by atoms with Crippen molar-refractivity contribution in [1.82, 2.24) is 24.8 Å². The number of carbonyl (C=O) groups is 2. The number of hydrogen-bond acceptors (Lipinski definition) is 12. The van der Waals surface area contributed by atoms with E-state index in [-0.39, 0.29) is 40.3 Å². The normalized spacial score (nSPS) is 14.5. The summed E-state index contributed by atoms with van der Waals surface area (Å²) in [5.74, 6) is 4.27. The molecule has 0 atom stereocenters. The lowest BCUT2D eigenvalue weighted by Gasteiger charge is -2.30. The molecule has 0 bridgehead atoms. The lowest BCUT2D eigenvalue weighted by molar-refractivity contribution is -0.118. The Balaban J connectivity index is 0.000000303. The van der Waals surface area contributed by atoms with E-state index >= 15 is 0 Å². The average Bonchev–Trinajstić information content (AvgIpc) is 3.69. The molecule has 7 rings (SSSR count). The summed E-state index contributed by atoms with van der Waals surface area (Å²) < 4.78 is 0. The van der Waals surface area contributed by atoms with Gasteiger partial charge in [0, 0.05) is 56.4 Å². The van der Waals surface area contributed by atoms with Crippen LogP contribution >= 0.6 is 0 Å². The molecule has 2 aromatic carbocycles. The van der Waals surface area contributed by atoms with Gasteiger partial charge in [-0.1, -0.05) is 98.2 Å². The number of fused-ring (bicyclic) bond motifs is 2. The fourth-order valence-corrected chi connectivity index (χ4v) is 7.77. The summed E-state index contributed by atoms with van der Waals surface area (Å²) in [6, 6.07) is 18.3. The minimum atomic E-state index is 0. The topological polar surface area (TPSA) is 171 Å². The number of nitrogen functional groups attached to an aromatic ring is 2. The van der Waals surface area contributed by atoms with Crippen LogP contribution in [0.4, 0.5) is 23.3 Å². The highest BCUT2D eigenvalue weighted by molar-refractivity contribution is 5.91. The van der Waals surface area contributed by atoms with Gasteiger partial charge in [0.05, 0.1) is 24.7 Å². The van der Waals surface area contributed by atoms with Crippen molar-refractivity contribution in [3.05, 3.63) is 93.6 Å². The molecule has 59 heavy (non-hydrogen) atoms. The third-order valence-corrected chi connectivity index (χ3v) is 10.6. The van der Waals surface area contributed by atoms with E-state index in [2.05, 4.69) is 63.9 Å². The van der Waals surface area contributed by atoms with Crippen molar-refractivity contribution >= 4 is 34.8 Å². The summed E-state index contributed by atoms with van der Waals surface area (Å²) >= 11 is 0. The molecular weight excluding hydrogens is 737 g/mol. The molecule has 0 radical (unpaired) electrons. The monoisotopic (exact) mass is 805 g/mol. The van der Waals surface area contributed by atoms with Crippen LogP contribution in [0.3, 0.4) is 0 Å². The van der Waals surface area contributed by atoms with Gasteiger partial charge in [0.1, 0.15) is 34.9 Å². The number of ketones is 2. The summed E-state index contributed by atoms with van der Waals surface area (Å²) in [7, 11) is 0. The minimum absolute atomic E-state index is 0. The molecule has 1 saturated heterocycles. The Morgan fingerprint density at radius 3 is 1.58 bits per heavy atom. The number of aryl methyl sites for hydroxylation is 2. The summed E-state index contributed by atoms with van der Waals surface area (Å²) in [5.41, 5.74) is 18.0. The molecule has 318 valence electrons. The van der Waals surface area contributed by atoms with Crippen molar-refractivity contribution in [3.63, 3.8) is 0 Å². The second kappa shape index (κ2) is 23.2. The standard InChI is InChI=1S/C24H33N5O.C20H23N5O.3CH4/c1-2-3-4-10-22-26-23(25)21-14-20(30)17-29(24(21)27-22)16-19-9-7-8-18(13-19)15-28-11-5-6-12-28;1-2-3-4-8-18-23-19(22)17-10-16(26)13-25(20(17)24-18)12-15-7-5-6-14(9-15)11-21;;;/h7-9,13H,2-6,10-12,14-17H2,1H3,(H2,25,26,27);5-7,9H,2-4,8,10,12-13H2,1H3,(H2,22,23,24);3*1H4. The Bertz CT molecular complexity index is 2040. The average molecular weight is 805 g/mol. The highest BCUT2D eigenvalue weighted by Gasteiger charge is 2.29. The number of Topliss-reactive ketones (excluding diaryl/α,β-unsaturated/α-hetero) is 2. The van der Waals surface area contributed by atoms with E-state index < -0.39 is 0 Å². The third-order valence-electron chi connectivity index (χ3n) is 10.6. The van der Waals surface area contributed by atoms with E-state index in [1.165, 1.54) is 37.1 Å². The number of aromatic nitrogens is 4. The summed E-state index contributed by atoms with van der Waals surface area (Å²) in [4.78, 5) is 49.6. The number of nitriles is 1. The Hall–Kier alpha value is -5.41. The molecule has 0 saturated carbocycles. The van der Waals surface area contributed by atoms with Crippen molar-refractivity contribution in [2.24, 2.45) is 0 Å². The first-order chi connectivity index (χ1) is 27.2. The van der Waals surface area contributed by atoms with Crippen LogP contribution in [-0.2, 0) is 54.9 Å². The van der Waals surface area contributed by atoms with Crippen molar-refractivity contribution in [1.29, 1.82) is 5.26 Å². The zero-order valence-corrected chi connectivity index (χ0v) is 33.1. The van der Waals surface area contributed by atoms with Crippen LogP contribution in [0.15, 0.2) is 48.5 Å². The van der Waals surface area contributed by atoms with Crippen LogP contribution in [0, 0.1) is 11.3 Å². The predicted molar refractivity (Wildman–Crippen MR) is 241 cm³/mol. The molecule has 0 unspecified atom stereocenters. The first-order valence-electron chi connectivity index (χ1n) is 20.4. The van der Waals surface area contributed by atoms with Gasteiger partial charge >= 0.3 is 0 Å². The van der Waals surface area contributed by atoms with Gasteiger partial charge in [-0.05, 0) is 67.6 Å². The molecule has 3 aliphatic heterocycles. The zero-order chi connectivity index (χ0) is 39.4. The van der Waals surface area contributed by atoms with Gasteiger partial charge in [0.25, 0.3) is 0 Å². The Kier molecular flexibility index (Phi) is 18.9. The van der Waals surface area contributed by atoms with Crippen molar-refractivity contribution in [2.45, 2.75) is 133 Å². The second-order valence-corrected chi connectivity index (χ2v) is 15.3. The Labute approximate surface area is 353 Å². The van der Waals surface area contributed by atoms with Gasteiger partial charge in [-0.25, -0.2) is 19.9 Å². The van der Waals surface area contributed by atoms with Gasteiger partial charge < -0.3 is 21.3 Å². The molecule has 12 heteroatoms. The van der Waals surface area contributed by atoms with Gasteiger partial charge in [0.15, 0.2) is 11.6 Å². The lowest BCUT2D eigenvalue weighted by Crippen LogP contribution is -2.37. The minimum Gasteiger partial charge on any atom is -0.383 e. The smallest absolute Gasteiger partial charge is 0.156 e. The van der Waals surface area contributed by atoms with Crippen molar-refractivity contribution in [2.75, 3.05) is 47.4 Å². The summed E-state index contributed by atoms with van der Waals surface area (Å²) in [6.45, 7) is 9.59. The van der Waals surface area contributed by atoms with Gasteiger partial charge in [0.2, 0.25) is 0 Å². The number of unbranched alkanes of at least 4 members (excludes halogenated alkanes) is 4. The van der Waals surface area contributed by atoms with Gasteiger partial charge in [-0.2, -0.15) is 5.26 Å². The maximum Gasteiger partial charge on any atom is 0.156 e. The van der Waals surface area contributed by atoms with Crippen molar-refractivity contribution in [3.8, 4) is 6.07 Å². The number of rotatable bonds is 14. The molecule has 12 nitrogen and oxygen atoms in total. The van der Waals surface area contributed by atoms with Crippen LogP contribution in [0.5, 0.6) is 0 Å². The maximum absolute atomic E-state index is 12.4. The molecule has 5 heterocycles. The van der Waals surface area contributed by atoms with E-state index in [1.54, 1.807) is 6.07 Å². The van der Waals surface area contributed by atoms with Crippen LogP contribution in [0.1, 0.15) is 133 Å². The number of anilines is 4. The second-order valence-electron chi connectivity index (χ2n) is 15.3. The maximum atomic E-state index is 12.4. The van der Waals surface area contributed by atoms with Gasteiger partial charge in [-0.3, -0.25) is 14.5 Å². The van der Waals surface area contributed by atoms with E-state index in [0.717, 1.165) is 97.9 Å². The van der Waals surface area contributed by atoms with Crippen LogP contribution in [-0.4, -0.2) is 62.6 Å². The van der Waals surface area contributed by atoms with E-state index in [9.17, 15) is 9.59 Å². The summed E-state index contributed by atoms with van der Waals surface area (Å²) in [5, 5.41) is 9.09. The number of nitrogens with two attached hydrogens (primary N) is 2. The molecule has 1 fully saturated rings. The summed E-state index contributed by atoms with van der Waals surface area (Å²) in [6.07, 6.45) is 11.5. The van der Waals surface area contributed by atoms with Crippen LogP contribution in [0.25, 0.3) is 0 Å². The first-order valence-corrected chi connectivity index (χ1v) is 20.4. The van der Waals surface area contributed by atoms with Gasteiger partial charge in [-0.15, -0.1) is 0 Å². The SMILES string of the molecule is C.C.C.CCCCCc1nc(N)c2c(n1)N(Cc1cccc(C#N)c1)CC(=O)C2.CCCCCc1nc(N)c2c(n1)N(Cc1cccc(CN3CCCC3)c1)CC(=O)C2. The lowest BCUT2D eigenvalue weighted by atomic mass is 10.0. The fourth-order valence-electron chi connectivity index (χ4n) is 7.77. The number of likely N-dealkylation sites (tertiary alicyclic amines) is 1. The quantitative estimate of drug-likeness (QED) is 0.117. The van der Waals surface area contributed by atoms with E-state index in [4.69, 9.17) is 26.7 Å². The predicted octanol–water partition coefficient (Wildman–Crippen LogP) is 8.22. The molecule has 0 spiro atoms. The third kappa shape index (κ3) is 13.0.